The molecular formula is C32H38N6O6S. The lowest BCUT2D eigenvalue weighted by Gasteiger charge is -2.33. The molecule has 0 saturated heterocycles. The first-order chi connectivity index (χ1) is 21.5. The number of rotatable bonds is 8. The Morgan fingerprint density at radius 1 is 1.16 bits per heavy atom. The van der Waals surface area contributed by atoms with Crippen molar-refractivity contribution in [2.75, 3.05) is 37.4 Å². The van der Waals surface area contributed by atoms with Crippen molar-refractivity contribution >= 4 is 44.1 Å². The maximum Gasteiger partial charge on any atom is 0.323 e. The van der Waals surface area contributed by atoms with Crippen LogP contribution in [0, 0.1) is 5.92 Å². The number of benzene rings is 3. The van der Waals surface area contributed by atoms with E-state index in [2.05, 4.69) is 15.6 Å². The Morgan fingerprint density at radius 3 is 2.64 bits per heavy atom. The van der Waals surface area contributed by atoms with Gasteiger partial charge >= 0.3 is 6.03 Å². The summed E-state index contributed by atoms with van der Waals surface area (Å²) in [6.07, 6.45) is 2.16. The van der Waals surface area contributed by atoms with E-state index in [9.17, 15) is 23.1 Å². The number of sulfonamides is 1. The Bertz CT molecular complexity index is 1800. The Morgan fingerprint density at radius 2 is 1.91 bits per heavy atom. The second-order valence-corrected chi connectivity index (χ2v) is 13.5. The third kappa shape index (κ3) is 7.11. The van der Waals surface area contributed by atoms with Crippen LogP contribution in [-0.4, -0.2) is 83.1 Å². The number of imidazole rings is 1. The number of nitrogens with one attached hydrogen (secondary N) is 2. The molecule has 0 radical (unpaired) electrons. The minimum Gasteiger partial charge on any atom is -0.488 e. The average Bonchev–Trinajstić information content (AvgIpc) is 3.48. The third-order valence-corrected chi connectivity index (χ3v) is 9.71. The van der Waals surface area contributed by atoms with Crippen LogP contribution < -0.4 is 15.4 Å². The number of amides is 3. The lowest BCUT2D eigenvalue weighted by molar-refractivity contribution is -0.134. The van der Waals surface area contributed by atoms with E-state index in [-0.39, 0.29) is 43.0 Å². The third-order valence-electron chi connectivity index (χ3n) is 8.01. The van der Waals surface area contributed by atoms with Gasteiger partial charge in [0.2, 0.25) is 5.91 Å². The van der Waals surface area contributed by atoms with Gasteiger partial charge in [-0.05, 0) is 36.6 Å². The number of aliphatic hydroxyl groups is 1. The van der Waals surface area contributed by atoms with Crippen molar-refractivity contribution in [2.45, 2.75) is 37.4 Å². The van der Waals surface area contributed by atoms with E-state index in [4.69, 9.17) is 4.74 Å². The van der Waals surface area contributed by atoms with Crippen molar-refractivity contribution in [2.24, 2.45) is 13.0 Å². The number of aryl methyl sites for hydroxylation is 1. The van der Waals surface area contributed by atoms with E-state index in [0.29, 0.717) is 22.7 Å². The van der Waals surface area contributed by atoms with Crippen molar-refractivity contribution in [1.29, 1.82) is 0 Å². The molecule has 3 N–H and O–H groups in total. The number of fused-ring (bicyclic) bond motifs is 2. The van der Waals surface area contributed by atoms with Crippen molar-refractivity contribution in [3.8, 4) is 5.75 Å². The summed E-state index contributed by atoms with van der Waals surface area (Å²) in [6, 6.07) is 17.5. The zero-order valence-electron chi connectivity index (χ0n) is 25.7. The standard InChI is InChI=1S/C32H38N6O6S/c1-21-16-38(22(2)19-39)31(40)15-24-14-25(34-32(41)35-27-11-7-9-23-8-5-6-10-26(23)27)12-13-28(24)44-29(21)17-37(4)45(42,43)30-18-36(3)20-33-30/h5-14,18,20-22,29,39H,15-17,19H2,1-4H3,(H2,34,35,41)/t21-,22-,29-/m1/s1. The van der Waals surface area contributed by atoms with Gasteiger partial charge in [0.1, 0.15) is 11.9 Å². The van der Waals surface area contributed by atoms with Crippen LogP contribution in [-0.2, 0) is 28.3 Å². The first kappa shape index (κ1) is 31.9. The highest BCUT2D eigenvalue weighted by atomic mass is 32.2. The van der Waals surface area contributed by atoms with Crippen LogP contribution in [0.2, 0.25) is 0 Å². The number of nitrogens with zero attached hydrogens (tertiary/aromatic N) is 4. The van der Waals surface area contributed by atoms with Gasteiger partial charge in [0.15, 0.2) is 5.03 Å². The van der Waals surface area contributed by atoms with E-state index in [1.165, 1.54) is 23.9 Å². The summed E-state index contributed by atoms with van der Waals surface area (Å²) in [5.41, 5.74) is 1.62. The van der Waals surface area contributed by atoms with Gasteiger partial charge in [-0.25, -0.2) is 18.2 Å². The number of carbonyl (C=O) groups is 2. The largest absolute Gasteiger partial charge is 0.488 e. The number of ether oxygens (including phenoxy) is 1. The number of hydrogen-bond acceptors (Lipinski definition) is 7. The minimum atomic E-state index is -3.91. The van der Waals surface area contributed by atoms with Crippen molar-refractivity contribution < 1.29 is 27.9 Å². The molecule has 0 saturated carbocycles. The van der Waals surface area contributed by atoms with E-state index in [1.54, 1.807) is 41.6 Å². The molecule has 5 rings (SSSR count). The summed E-state index contributed by atoms with van der Waals surface area (Å²) in [5, 5.41) is 17.5. The minimum absolute atomic E-state index is 0.0114. The summed E-state index contributed by atoms with van der Waals surface area (Å²) < 4.78 is 35.7. The number of aromatic nitrogens is 2. The highest BCUT2D eigenvalue weighted by Crippen LogP contribution is 2.30. The van der Waals surface area contributed by atoms with Gasteiger partial charge in [0.05, 0.1) is 37.6 Å². The molecule has 2 heterocycles. The smallest absolute Gasteiger partial charge is 0.323 e. The Kier molecular flexibility index (Phi) is 9.42. The summed E-state index contributed by atoms with van der Waals surface area (Å²) in [4.78, 5) is 32.2. The SMILES string of the molecule is C[C@@H]1CN([C@H](C)CO)C(=O)Cc2cc(NC(=O)Nc3cccc4ccccc34)ccc2O[C@@H]1CN(C)S(=O)(=O)c1cn(C)cn1. The van der Waals surface area contributed by atoms with Crippen LogP contribution in [0.3, 0.4) is 0 Å². The van der Waals surface area contributed by atoms with Gasteiger partial charge in [-0.3, -0.25) is 4.79 Å². The molecule has 3 atom stereocenters. The van der Waals surface area contributed by atoms with Crippen LogP contribution >= 0.6 is 0 Å². The van der Waals surface area contributed by atoms with Crippen LogP contribution in [0.5, 0.6) is 5.75 Å². The average molecular weight is 635 g/mol. The Hall–Kier alpha value is -4.46. The second-order valence-electron chi connectivity index (χ2n) is 11.5. The topological polar surface area (TPSA) is 146 Å². The Balaban J connectivity index is 1.41. The van der Waals surface area contributed by atoms with Gasteiger partial charge < -0.3 is 29.9 Å². The van der Waals surface area contributed by atoms with Gasteiger partial charge in [0, 0.05) is 49.4 Å². The lowest BCUT2D eigenvalue weighted by Crippen LogP contribution is -2.48. The van der Waals surface area contributed by atoms with E-state index in [1.807, 2.05) is 49.4 Å². The van der Waals surface area contributed by atoms with Crippen LogP contribution in [0.15, 0.2) is 78.2 Å². The molecular weight excluding hydrogens is 596 g/mol. The van der Waals surface area contributed by atoms with Gasteiger partial charge in [-0.15, -0.1) is 0 Å². The van der Waals surface area contributed by atoms with E-state index in [0.717, 1.165) is 10.8 Å². The zero-order chi connectivity index (χ0) is 32.3. The molecule has 1 aromatic heterocycles. The molecule has 238 valence electrons. The fraction of sp³-hybridized carbons (Fsp3) is 0.344. The molecule has 3 amide bonds. The van der Waals surface area contributed by atoms with E-state index < -0.39 is 28.2 Å². The summed E-state index contributed by atoms with van der Waals surface area (Å²) in [5.74, 6) is -0.123. The van der Waals surface area contributed by atoms with Crippen molar-refractivity contribution in [3.63, 3.8) is 0 Å². The summed E-state index contributed by atoms with van der Waals surface area (Å²) in [7, 11) is -0.749. The predicted octanol–water partition coefficient (Wildman–Crippen LogP) is 3.69. The molecule has 1 aliphatic heterocycles. The van der Waals surface area contributed by atoms with Gasteiger partial charge in [-0.1, -0.05) is 43.3 Å². The van der Waals surface area contributed by atoms with E-state index >= 15 is 0 Å². The molecule has 0 aliphatic carbocycles. The first-order valence-electron chi connectivity index (χ1n) is 14.7. The molecule has 4 aromatic rings. The monoisotopic (exact) mass is 634 g/mol. The lowest BCUT2D eigenvalue weighted by atomic mass is 10.0. The summed E-state index contributed by atoms with van der Waals surface area (Å²) in [6.45, 7) is 3.64. The molecule has 0 spiro atoms. The maximum absolute atomic E-state index is 13.5. The highest BCUT2D eigenvalue weighted by molar-refractivity contribution is 7.89. The zero-order valence-corrected chi connectivity index (χ0v) is 26.5. The number of hydrogen-bond donors (Lipinski definition) is 3. The molecule has 13 heteroatoms. The van der Waals surface area contributed by atoms with Crippen LogP contribution in [0.1, 0.15) is 19.4 Å². The van der Waals surface area contributed by atoms with Crippen molar-refractivity contribution in [3.05, 3.63) is 78.8 Å². The van der Waals surface area contributed by atoms with Gasteiger partial charge in [-0.2, -0.15) is 4.31 Å². The number of likely N-dealkylation sites (N-methyl/N-ethyl adjacent to an activating group) is 1. The molecule has 3 aromatic carbocycles. The molecule has 0 bridgehead atoms. The van der Waals surface area contributed by atoms with Crippen molar-refractivity contribution in [1.82, 2.24) is 18.8 Å². The number of aliphatic hydroxyl groups excluding tert-OH is 1. The quantitative estimate of drug-likeness (QED) is 0.268. The molecule has 12 nitrogen and oxygen atoms in total. The number of anilines is 2. The fourth-order valence-corrected chi connectivity index (χ4v) is 6.52. The fourth-order valence-electron chi connectivity index (χ4n) is 5.38. The Labute approximate surface area is 262 Å². The normalized spacial score (nSPS) is 18.0. The van der Waals surface area contributed by atoms with Gasteiger partial charge in [0.25, 0.3) is 10.0 Å². The molecule has 0 unspecified atom stereocenters. The molecule has 1 aliphatic rings. The second kappa shape index (κ2) is 13.3. The van der Waals surface area contributed by atoms with Crippen LogP contribution in [0.4, 0.5) is 16.2 Å². The highest BCUT2D eigenvalue weighted by Gasteiger charge is 2.34. The first-order valence-corrected chi connectivity index (χ1v) is 16.1. The number of urea groups is 1. The maximum atomic E-state index is 13.5. The molecule has 0 fully saturated rings. The predicted molar refractivity (Wildman–Crippen MR) is 172 cm³/mol. The van der Waals surface area contributed by atoms with Crippen LogP contribution in [0.25, 0.3) is 10.8 Å². The number of carbonyl (C=O) groups excluding carboxylic acids is 2. The summed E-state index contributed by atoms with van der Waals surface area (Å²) >= 11 is 0. The molecule has 45 heavy (non-hydrogen) atoms.